The van der Waals surface area contributed by atoms with E-state index in [1.807, 2.05) is 30.3 Å². The molecule has 4 N–H and O–H groups in total. The second-order valence-electron chi connectivity index (χ2n) is 10.6. The molecule has 1 aliphatic carbocycles. The maximum atomic E-state index is 13.3. The van der Waals surface area contributed by atoms with Gasteiger partial charge in [0.2, 0.25) is 0 Å². The number of amides is 3. The Balaban J connectivity index is 1.21. The van der Waals surface area contributed by atoms with Crippen molar-refractivity contribution >= 4 is 63.3 Å². The quantitative estimate of drug-likeness (QED) is 0.174. The second-order valence-corrected chi connectivity index (χ2v) is 12.6. The second kappa shape index (κ2) is 12.2. The highest BCUT2D eigenvalue weighted by Crippen LogP contribution is 2.41. The number of oxime groups is 1. The molecule has 2 saturated heterocycles. The molecule has 4 aliphatic rings. The zero-order valence-electron chi connectivity index (χ0n) is 23.1. The molecule has 3 fully saturated rings. The van der Waals surface area contributed by atoms with Gasteiger partial charge in [0, 0.05) is 28.9 Å². The van der Waals surface area contributed by atoms with Crippen molar-refractivity contribution in [3.05, 3.63) is 64.3 Å². The Morgan fingerprint density at radius 2 is 1.93 bits per heavy atom. The highest BCUT2D eigenvalue weighted by Gasteiger charge is 2.54. The summed E-state index contributed by atoms with van der Waals surface area (Å²) in [6.07, 6.45) is 6.47. The van der Waals surface area contributed by atoms with Crippen LogP contribution in [0, 0.1) is 0 Å². The van der Waals surface area contributed by atoms with Crippen LogP contribution in [0.4, 0.5) is 10.8 Å². The Bertz CT molecular complexity index is 1550. The molecule has 0 spiro atoms. The molecule has 1 saturated carbocycles. The minimum absolute atomic E-state index is 0.0925. The van der Waals surface area contributed by atoms with Gasteiger partial charge in [0.05, 0.1) is 0 Å². The molecule has 2 atom stereocenters. The largest absolute Gasteiger partial charge is 0.477 e. The van der Waals surface area contributed by atoms with Gasteiger partial charge in [0.15, 0.2) is 10.8 Å². The first-order chi connectivity index (χ1) is 20.8. The number of thioether (sulfide) groups is 1. The van der Waals surface area contributed by atoms with Crippen LogP contribution in [0.5, 0.6) is 0 Å². The lowest BCUT2D eigenvalue weighted by Crippen LogP contribution is -2.71. The number of rotatable bonds is 8. The number of anilines is 2. The lowest BCUT2D eigenvalue weighted by Gasteiger charge is -2.49. The zero-order chi connectivity index (χ0) is 30.1. The van der Waals surface area contributed by atoms with E-state index in [0.29, 0.717) is 24.1 Å². The number of aromatic nitrogens is 1. The predicted molar refractivity (Wildman–Crippen MR) is 162 cm³/mol. The van der Waals surface area contributed by atoms with Crippen molar-refractivity contribution in [1.82, 2.24) is 15.2 Å². The van der Waals surface area contributed by atoms with E-state index in [1.54, 1.807) is 16.4 Å². The number of benzene rings is 1. The van der Waals surface area contributed by atoms with Crippen LogP contribution in [0.15, 0.2) is 63.8 Å². The van der Waals surface area contributed by atoms with Crippen molar-refractivity contribution in [2.75, 3.05) is 22.9 Å². The summed E-state index contributed by atoms with van der Waals surface area (Å²) in [5.41, 5.74) is 7.40. The fourth-order valence-corrected chi connectivity index (χ4v) is 7.55. The fraction of sp³-hybridized carbons (Fsp3) is 0.379. The van der Waals surface area contributed by atoms with E-state index >= 15 is 0 Å². The average molecular weight is 623 g/mol. The maximum Gasteiger partial charge on any atom is 0.352 e. The molecular formula is C29H30N6O6S2. The molecule has 0 unspecified atom stereocenters. The van der Waals surface area contributed by atoms with Gasteiger partial charge in [-0.15, -0.1) is 23.1 Å². The van der Waals surface area contributed by atoms with E-state index in [2.05, 4.69) is 15.5 Å². The summed E-state index contributed by atoms with van der Waals surface area (Å²) in [5.74, 6) is -2.43. The number of thiazole rings is 1. The number of nitrogens with zero attached hydrogens (tertiary/aromatic N) is 4. The van der Waals surface area contributed by atoms with Crippen molar-refractivity contribution in [2.24, 2.45) is 5.16 Å². The molecule has 4 heterocycles. The van der Waals surface area contributed by atoms with Gasteiger partial charge in [-0.25, -0.2) is 9.78 Å². The molecule has 3 aliphatic heterocycles. The third-order valence-electron chi connectivity index (χ3n) is 7.83. The van der Waals surface area contributed by atoms with E-state index in [0.717, 1.165) is 49.1 Å². The third kappa shape index (κ3) is 5.76. The number of nitrogens with two attached hydrogens (primary N) is 1. The van der Waals surface area contributed by atoms with Crippen LogP contribution >= 0.6 is 23.1 Å². The van der Waals surface area contributed by atoms with Gasteiger partial charge in [0.25, 0.3) is 17.7 Å². The van der Waals surface area contributed by atoms with Crippen LogP contribution in [0.3, 0.4) is 0 Å². The summed E-state index contributed by atoms with van der Waals surface area (Å²) in [6.45, 7) is 0.568. The van der Waals surface area contributed by atoms with Crippen molar-refractivity contribution < 1.29 is 29.1 Å². The van der Waals surface area contributed by atoms with Crippen LogP contribution in [-0.2, 0) is 24.0 Å². The molecule has 0 radical (unpaired) electrons. The number of hydrogen-bond acceptors (Lipinski definition) is 10. The zero-order valence-corrected chi connectivity index (χ0v) is 24.7. The molecule has 43 heavy (non-hydrogen) atoms. The van der Waals surface area contributed by atoms with Gasteiger partial charge < -0.3 is 25.9 Å². The SMILES string of the molecule is Nc1nc(/C(=N/OC2CCCC2)C(=O)N[C@@H]2C(=O)N3C(C(=O)O)=C(/C=C4\CCCN(c5ccccc5)C4=O)CS[C@H]23)cs1. The standard InChI is InChI=1S/C29H30N6O6S2/c30-29-31-20(15-43-29)21(33-41-19-10-4-5-11-19)24(36)32-22-26(38)35-23(28(39)40)17(14-42-27(22)35)13-16-7-6-12-34(25(16)37)18-8-2-1-3-9-18/h1-3,8-9,13,15,19,22,27H,4-7,10-12,14H2,(H2,30,31)(H,32,36)(H,39,40)/b16-13+,33-21-/t22-,27-/m1/s1. The van der Waals surface area contributed by atoms with Crippen LogP contribution < -0.4 is 16.0 Å². The lowest BCUT2D eigenvalue weighted by atomic mass is 9.97. The van der Waals surface area contributed by atoms with Crippen LogP contribution in [-0.4, -0.2) is 74.2 Å². The number of fused-ring (bicyclic) bond motifs is 1. The monoisotopic (exact) mass is 622 g/mol. The normalized spacial score (nSPS) is 23.8. The summed E-state index contributed by atoms with van der Waals surface area (Å²) >= 11 is 2.47. The summed E-state index contributed by atoms with van der Waals surface area (Å²) in [5, 5.41) is 18.1. The molecular weight excluding hydrogens is 592 g/mol. The first-order valence-corrected chi connectivity index (χ1v) is 16.0. The Hall–Kier alpha value is -4.17. The number of allylic oxidation sites excluding steroid dienone is 1. The van der Waals surface area contributed by atoms with Gasteiger partial charge in [-0.1, -0.05) is 23.4 Å². The number of piperidine rings is 1. The van der Waals surface area contributed by atoms with Crippen LogP contribution in [0.2, 0.25) is 0 Å². The van der Waals surface area contributed by atoms with Crippen LogP contribution in [0.25, 0.3) is 0 Å². The molecule has 3 amide bonds. The summed E-state index contributed by atoms with van der Waals surface area (Å²) in [6, 6.07) is 8.34. The Kier molecular flexibility index (Phi) is 8.21. The summed E-state index contributed by atoms with van der Waals surface area (Å²) in [4.78, 5) is 65.0. The van der Waals surface area contributed by atoms with Gasteiger partial charge in [-0.05, 0) is 62.3 Å². The number of carboxylic acids is 1. The Morgan fingerprint density at radius 3 is 2.63 bits per heavy atom. The van der Waals surface area contributed by atoms with Gasteiger partial charge >= 0.3 is 5.97 Å². The first-order valence-electron chi connectivity index (χ1n) is 14.1. The Labute approximate surface area is 255 Å². The highest BCUT2D eigenvalue weighted by molar-refractivity contribution is 8.00. The Morgan fingerprint density at radius 1 is 1.16 bits per heavy atom. The molecule has 2 aromatic rings. The number of β-lactam (4-membered cyclic amide) rings is 1. The molecule has 14 heteroatoms. The molecule has 6 rings (SSSR count). The third-order valence-corrected chi connectivity index (χ3v) is 9.80. The first kappa shape index (κ1) is 28.9. The van der Waals surface area contributed by atoms with Crippen molar-refractivity contribution in [3.63, 3.8) is 0 Å². The fourth-order valence-electron chi connectivity index (χ4n) is 5.69. The number of nitrogens with one attached hydrogen (secondary N) is 1. The summed E-state index contributed by atoms with van der Waals surface area (Å²) < 4.78 is 0. The van der Waals surface area contributed by atoms with E-state index in [-0.39, 0.29) is 40.0 Å². The van der Waals surface area contributed by atoms with E-state index in [4.69, 9.17) is 10.6 Å². The number of carbonyl (C=O) groups excluding carboxylic acids is 3. The highest BCUT2D eigenvalue weighted by atomic mass is 32.2. The summed E-state index contributed by atoms with van der Waals surface area (Å²) in [7, 11) is 0. The number of para-hydroxylation sites is 1. The maximum absolute atomic E-state index is 13.3. The molecule has 1 aromatic heterocycles. The topological polar surface area (TPSA) is 168 Å². The van der Waals surface area contributed by atoms with E-state index in [1.165, 1.54) is 16.7 Å². The van der Waals surface area contributed by atoms with Crippen molar-refractivity contribution in [3.8, 4) is 0 Å². The van der Waals surface area contributed by atoms with Crippen molar-refractivity contribution in [1.29, 1.82) is 0 Å². The lowest BCUT2D eigenvalue weighted by molar-refractivity contribution is -0.150. The minimum Gasteiger partial charge on any atom is -0.477 e. The number of carbonyl (C=O) groups is 4. The number of nitrogen functional groups attached to an aromatic ring is 1. The number of hydrogen-bond donors (Lipinski definition) is 3. The average Bonchev–Trinajstić information content (AvgIpc) is 3.69. The van der Waals surface area contributed by atoms with E-state index in [9.17, 15) is 24.3 Å². The molecule has 0 bridgehead atoms. The molecule has 1 aromatic carbocycles. The van der Waals surface area contributed by atoms with E-state index < -0.39 is 29.2 Å². The molecule has 12 nitrogen and oxygen atoms in total. The van der Waals surface area contributed by atoms with Gasteiger partial charge in [0.1, 0.15) is 28.9 Å². The minimum atomic E-state index is -1.27. The van der Waals surface area contributed by atoms with Crippen LogP contribution in [0.1, 0.15) is 44.2 Å². The smallest absolute Gasteiger partial charge is 0.352 e. The number of carboxylic acid groups (broad SMARTS) is 1. The predicted octanol–water partition coefficient (Wildman–Crippen LogP) is 2.88. The molecule has 224 valence electrons. The number of aliphatic carboxylic acids is 1. The van der Waals surface area contributed by atoms with Gasteiger partial charge in [-0.3, -0.25) is 19.3 Å². The van der Waals surface area contributed by atoms with Gasteiger partial charge in [-0.2, -0.15) is 0 Å². The van der Waals surface area contributed by atoms with Crippen molar-refractivity contribution in [2.45, 2.75) is 56.0 Å².